The van der Waals surface area contributed by atoms with E-state index in [1.54, 1.807) is 12.3 Å². The Labute approximate surface area is 187 Å². The van der Waals surface area contributed by atoms with Crippen molar-refractivity contribution in [2.75, 3.05) is 0 Å². The Morgan fingerprint density at radius 1 is 1.09 bits per heavy atom. The van der Waals surface area contributed by atoms with Gasteiger partial charge in [0.15, 0.2) is 0 Å². The lowest BCUT2D eigenvalue weighted by Crippen LogP contribution is -2.25. The Morgan fingerprint density at radius 2 is 1.88 bits per heavy atom. The first kappa shape index (κ1) is 20.4. The van der Waals surface area contributed by atoms with Crippen molar-refractivity contribution in [1.29, 1.82) is 5.26 Å². The molecule has 0 bridgehead atoms. The molecule has 0 spiro atoms. The maximum atomic E-state index is 9.11. The van der Waals surface area contributed by atoms with Gasteiger partial charge in [-0.3, -0.25) is 4.98 Å². The number of hydrogen-bond donors (Lipinski definition) is 0. The van der Waals surface area contributed by atoms with Gasteiger partial charge in [-0.05, 0) is 50.3 Å². The zero-order valence-electron chi connectivity index (χ0n) is 18.9. The van der Waals surface area contributed by atoms with Crippen LogP contribution in [0.4, 0.5) is 0 Å². The predicted molar refractivity (Wildman–Crippen MR) is 124 cm³/mol. The molecule has 0 atom stereocenters. The van der Waals surface area contributed by atoms with Crippen molar-refractivity contribution in [1.82, 2.24) is 19.7 Å². The molecular formula is C26H27N5O. The van der Waals surface area contributed by atoms with Crippen molar-refractivity contribution in [3.05, 3.63) is 53.9 Å². The van der Waals surface area contributed by atoms with Crippen LogP contribution >= 0.6 is 0 Å². The van der Waals surface area contributed by atoms with Gasteiger partial charge in [-0.15, -0.1) is 0 Å². The van der Waals surface area contributed by atoms with E-state index in [1.807, 2.05) is 26.1 Å². The third-order valence-corrected chi connectivity index (χ3v) is 6.84. The summed E-state index contributed by atoms with van der Waals surface area (Å²) in [6.07, 6.45) is 12.3. The summed E-state index contributed by atoms with van der Waals surface area (Å²) in [6, 6.07) is 8.02. The minimum atomic E-state index is 0.281. The van der Waals surface area contributed by atoms with Crippen LogP contribution in [0.2, 0.25) is 0 Å². The number of nitrogens with zero attached hydrogens (tertiary/aromatic N) is 5. The summed E-state index contributed by atoms with van der Waals surface area (Å²) < 4.78 is 7.77. The first-order chi connectivity index (χ1) is 15.5. The molecule has 1 fully saturated rings. The fourth-order valence-electron chi connectivity index (χ4n) is 5.13. The summed E-state index contributed by atoms with van der Waals surface area (Å²) in [5, 5.41) is 13.2. The van der Waals surface area contributed by atoms with E-state index in [0.717, 1.165) is 51.3 Å². The number of aryl methyl sites for hydroxylation is 2. The molecule has 0 aliphatic heterocycles. The maximum absolute atomic E-state index is 9.11. The lowest BCUT2D eigenvalue weighted by Gasteiger charge is -2.34. The van der Waals surface area contributed by atoms with E-state index in [4.69, 9.17) is 14.8 Å². The smallest absolute Gasteiger partial charge is 0.141 e. The molecule has 4 aromatic heterocycles. The Balaban J connectivity index is 1.66. The van der Waals surface area contributed by atoms with E-state index in [0.29, 0.717) is 5.69 Å². The number of nitriles is 1. The number of fused-ring (bicyclic) bond motifs is 1. The number of aromatic nitrogens is 4. The highest BCUT2D eigenvalue weighted by Crippen LogP contribution is 2.40. The third kappa shape index (κ3) is 3.58. The first-order valence-electron chi connectivity index (χ1n) is 11.3. The van der Waals surface area contributed by atoms with Crippen LogP contribution in [0.1, 0.15) is 56.2 Å². The molecule has 0 radical (unpaired) electrons. The summed E-state index contributed by atoms with van der Waals surface area (Å²) in [4.78, 5) is 9.17. The highest BCUT2D eigenvalue weighted by molar-refractivity contribution is 5.95. The molecule has 0 aromatic carbocycles. The van der Waals surface area contributed by atoms with Gasteiger partial charge < -0.3 is 9.09 Å². The molecule has 1 aliphatic carbocycles. The molecule has 1 aliphatic rings. The Morgan fingerprint density at radius 3 is 2.53 bits per heavy atom. The lowest BCUT2D eigenvalue weighted by molar-refractivity contribution is 0.185. The van der Waals surface area contributed by atoms with Crippen LogP contribution in [0.25, 0.3) is 33.3 Å². The summed E-state index contributed by atoms with van der Waals surface area (Å²) in [5.41, 5.74) is 7.67. The van der Waals surface area contributed by atoms with Gasteiger partial charge in [0.1, 0.15) is 17.5 Å². The Hall–Kier alpha value is -3.46. The molecule has 5 rings (SSSR count). The van der Waals surface area contributed by atoms with E-state index >= 15 is 0 Å². The molecule has 32 heavy (non-hydrogen) atoms. The number of pyridine rings is 2. The van der Waals surface area contributed by atoms with Gasteiger partial charge >= 0.3 is 0 Å². The van der Waals surface area contributed by atoms with Crippen molar-refractivity contribution in [3.63, 3.8) is 0 Å². The SMILES string of the molecule is Cc1noc(C)c1-c1cnc2c(-c3ccc(C#N)nc3)cn(CC3(C)CCCCC3)c2c1. The van der Waals surface area contributed by atoms with Gasteiger partial charge in [0.2, 0.25) is 0 Å². The molecule has 1 saturated carbocycles. The second-order valence-electron chi connectivity index (χ2n) is 9.38. The monoisotopic (exact) mass is 425 g/mol. The standard InChI is InChI=1S/C26H27N5O/c1-17-24(18(2)32-30-17)20-11-23-25(29-14-20)22(19-7-8-21(12-27)28-13-19)15-31(23)16-26(3)9-5-4-6-10-26/h7-8,11,13-15H,4-6,9-10,16H2,1-3H3. The molecule has 0 saturated heterocycles. The summed E-state index contributed by atoms with van der Waals surface area (Å²) >= 11 is 0. The molecule has 162 valence electrons. The minimum absolute atomic E-state index is 0.281. The first-order valence-corrected chi connectivity index (χ1v) is 11.3. The van der Waals surface area contributed by atoms with Crippen LogP contribution in [0.5, 0.6) is 0 Å². The van der Waals surface area contributed by atoms with E-state index in [9.17, 15) is 0 Å². The quantitative estimate of drug-likeness (QED) is 0.388. The Bertz CT molecular complexity index is 1300. The highest BCUT2D eigenvalue weighted by atomic mass is 16.5. The lowest BCUT2D eigenvalue weighted by atomic mass is 9.75. The average Bonchev–Trinajstić information content (AvgIpc) is 3.33. The normalized spacial score (nSPS) is 15.7. The van der Waals surface area contributed by atoms with Crippen molar-refractivity contribution in [2.45, 2.75) is 59.4 Å². The van der Waals surface area contributed by atoms with Crippen LogP contribution in [-0.4, -0.2) is 19.7 Å². The third-order valence-electron chi connectivity index (χ3n) is 6.84. The van der Waals surface area contributed by atoms with Gasteiger partial charge in [0.25, 0.3) is 0 Å². The van der Waals surface area contributed by atoms with Crippen LogP contribution < -0.4 is 0 Å². The van der Waals surface area contributed by atoms with Crippen LogP contribution in [0.15, 0.2) is 41.3 Å². The Kier molecular flexibility index (Phi) is 5.05. The summed E-state index contributed by atoms with van der Waals surface area (Å²) in [7, 11) is 0. The molecule has 0 N–H and O–H groups in total. The molecule has 6 heteroatoms. The van der Waals surface area contributed by atoms with Crippen LogP contribution in [0.3, 0.4) is 0 Å². The van der Waals surface area contributed by atoms with E-state index in [-0.39, 0.29) is 5.41 Å². The zero-order valence-corrected chi connectivity index (χ0v) is 18.9. The highest BCUT2D eigenvalue weighted by Gasteiger charge is 2.28. The molecule has 0 amide bonds. The molecular weight excluding hydrogens is 398 g/mol. The van der Waals surface area contributed by atoms with Gasteiger partial charge in [-0.1, -0.05) is 31.3 Å². The topological polar surface area (TPSA) is 80.5 Å². The van der Waals surface area contributed by atoms with Gasteiger partial charge in [-0.2, -0.15) is 5.26 Å². The van der Waals surface area contributed by atoms with Crippen LogP contribution in [-0.2, 0) is 6.54 Å². The zero-order chi connectivity index (χ0) is 22.3. The van der Waals surface area contributed by atoms with Gasteiger partial charge in [0, 0.05) is 47.4 Å². The van der Waals surface area contributed by atoms with Crippen molar-refractivity contribution in [2.24, 2.45) is 5.41 Å². The van der Waals surface area contributed by atoms with E-state index in [1.165, 1.54) is 32.1 Å². The maximum Gasteiger partial charge on any atom is 0.141 e. The fourth-order valence-corrected chi connectivity index (χ4v) is 5.13. The summed E-state index contributed by atoms with van der Waals surface area (Å²) in [6.45, 7) is 7.27. The number of rotatable bonds is 4. The average molecular weight is 426 g/mol. The second kappa shape index (κ2) is 7.90. The van der Waals surface area contributed by atoms with Crippen molar-refractivity contribution >= 4 is 11.0 Å². The fraction of sp³-hybridized carbons (Fsp3) is 0.385. The van der Waals surface area contributed by atoms with Crippen molar-refractivity contribution in [3.8, 4) is 28.3 Å². The van der Waals surface area contributed by atoms with E-state index < -0.39 is 0 Å². The summed E-state index contributed by atoms with van der Waals surface area (Å²) in [5.74, 6) is 0.803. The number of hydrogen-bond acceptors (Lipinski definition) is 5. The van der Waals surface area contributed by atoms with E-state index in [2.05, 4.69) is 40.0 Å². The minimum Gasteiger partial charge on any atom is -0.361 e. The largest absolute Gasteiger partial charge is 0.361 e. The molecule has 6 nitrogen and oxygen atoms in total. The van der Waals surface area contributed by atoms with Crippen molar-refractivity contribution < 1.29 is 4.52 Å². The molecule has 0 unspecified atom stereocenters. The van der Waals surface area contributed by atoms with Crippen LogP contribution in [0, 0.1) is 30.6 Å². The predicted octanol–water partition coefficient (Wildman–Crippen LogP) is 6.21. The van der Waals surface area contributed by atoms with Gasteiger partial charge in [-0.25, -0.2) is 4.98 Å². The van der Waals surface area contributed by atoms with Gasteiger partial charge in [0.05, 0.1) is 16.7 Å². The molecule has 4 heterocycles. The molecule has 4 aromatic rings. The second-order valence-corrected chi connectivity index (χ2v) is 9.38.